The number of para-hydroxylation sites is 1. The molecular formula is C13H8N4O. The van der Waals surface area contributed by atoms with Gasteiger partial charge in [0.15, 0.2) is 0 Å². The highest BCUT2D eigenvalue weighted by Gasteiger charge is 2.09. The Hall–Kier alpha value is -2.69. The molecule has 18 heavy (non-hydrogen) atoms. The third-order valence-corrected chi connectivity index (χ3v) is 2.93. The van der Waals surface area contributed by atoms with Gasteiger partial charge < -0.3 is 9.51 Å². The number of aromatic amines is 1. The van der Waals surface area contributed by atoms with Gasteiger partial charge in [0.2, 0.25) is 0 Å². The number of imidazole rings is 1. The van der Waals surface area contributed by atoms with Crippen LogP contribution in [0.1, 0.15) is 0 Å². The van der Waals surface area contributed by atoms with Crippen LogP contribution in [-0.2, 0) is 0 Å². The lowest BCUT2D eigenvalue weighted by Gasteiger charge is -1.95. The molecule has 0 bridgehead atoms. The van der Waals surface area contributed by atoms with Crippen LogP contribution in [0.25, 0.3) is 33.3 Å². The Kier molecular flexibility index (Phi) is 1.77. The van der Waals surface area contributed by atoms with Gasteiger partial charge in [0.1, 0.15) is 12.1 Å². The van der Waals surface area contributed by atoms with Gasteiger partial charge in [-0.2, -0.15) is 0 Å². The fourth-order valence-electron chi connectivity index (χ4n) is 2.06. The molecule has 0 saturated heterocycles. The second-order valence-corrected chi connectivity index (χ2v) is 4.04. The number of H-pyrrole nitrogens is 1. The Morgan fingerprint density at radius 2 is 2.06 bits per heavy atom. The highest BCUT2D eigenvalue weighted by Crippen LogP contribution is 2.25. The summed E-state index contributed by atoms with van der Waals surface area (Å²) < 4.78 is 4.83. The predicted molar refractivity (Wildman–Crippen MR) is 66.9 cm³/mol. The first-order chi connectivity index (χ1) is 8.92. The minimum atomic E-state index is 0.740. The van der Waals surface area contributed by atoms with Crippen LogP contribution in [0.2, 0.25) is 0 Å². The molecule has 3 aromatic heterocycles. The second-order valence-electron chi connectivity index (χ2n) is 4.04. The third-order valence-electron chi connectivity index (χ3n) is 2.93. The first kappa shape index (κ1) is 9.35. The molecular weight excluding hydrogens is 228 g/mol. The maximum absolute atomic E-state index is 4.83. The van der Waals surface area contributed by atoms with E-state index in [9.17, 15) is 0 Å². The maximum atomic E-state index is 4.83. The number of pyridine rings is 1. The van der Waals surface area contributed by atoms with Crippen LogP contribution in [0, 0.1) is 0 Å². The van der Waals surface area contributed by atoms with E-state index in [1.54, 1.807) is 18.7 Å². The minimum Gasteiger partial charge on any atom is -0.364 e. The molecule has 3 heterocycles. The number of hydrogen-bond donors (Lipinski definition) is 1. The van der Waals surface area contributed by atoms with Gasteiger partial charge in [-0.3, -0.25) is 4.98 Å². The van der Waals surface area contributed by atoms with Gasteiger partial charge in [0.05, 0.1) is 34.5 Å². The molecule has 0 aliphatic heterocycles. The van der Waals surface area contributed by atoms with E-state index in [2.05, 4.69) is 20.1 Å². The average Bonchev–Trinajstić information content (AvgIpc) is 3.07. The van der Waals surface area contributed by atoms with E-state index in [0.717, 1.165) is 33.3 Å². The lowest BCUT2D eigenvalue weighted by molar-refractivity contribution is 0.420. The highest BCUT2D eigenvalue weighted by molar-refractivity contribution is 6.02. The van der Waals surface area contributed by atoms with Crippen molar-refractivity contribution in [1.29, 1.82) is 0 Å². The molecule has 0 saturated carbocycles. The number of fused-ring (bicyclic) bond motifs is 3. The van der Waals surface area contributed by atoms with Gasteiger partial charge in [0.25, 0.3) is 0 Å². The van der Waals surface area contributed by atoms with Crippen LogP contribution in [-0.4, -0.2) is 20.1 Å². The summed E-state index contributed by atoms with van der Waals surface area (Å²) in [4.78, 5) is 12.2. The summed E-state index contributed by atoms with van der Waals surface area (Å²) in [6.45, 7) is 0. The van der Waals surface area contributed by atoms with Crippen LogP contribution in [0.15, 0.2) is 47.4 Å². The van der Waals surface area contributed by atoms with Crippen LogP contribution in [0.5, 0.6) is 0 Å². The first-order valence-corrected chi connectivity index (χ1v) is 5.55. The van der Waals surface area contributed by atoms with E-state index in [1.807, 2.05) is 24.3 Å². The summed E-state index contributed by atoms with van der Waals surface area (Å²) >= 11 is 0. The van der Waals surface area contributed by atoms with E-state index in [1.165, 1.54) is 0 Å². The Bertz CT molecular complexity index is 833. The van der Waals surface area contributed by atoms with Gasteiger partial charge in [-0.05, 0) is 6.07 Å². The predicted octanol–water partition coefficient (Wildman–Crippen LogP) is 2.77. The van der Waals surface area contributed by atoms with Crippen molar-refractivity contribution in [3.8, 4) is 11.4 Å². The zero-order valence-electron chi connectivity index (χ0n) is 9.29. The summed E-state index contributed by atoms with van der Waals surface area (Å²) in [6, 6.07) is 7.94. The Morgan fingerprint density at radius 1 is 1.11 bits per heavy atom. The molecule has 0 atom stereocenters. The van der Waals surface area contributed by atoms with Crippen molar-refractivity contribution in [2.24, 2.45) is 0 Å². The fraction of sp³-hybridized carbons (Fsp3) is 0. The van der Waals surface area contributed by atoms with Crippen molar-refractivity contribution in [3.63, 3.8) is 0 Å². The number of nitrogens with zero attached hydrogens (tertiary/aromatic N) is 3. The summed E-state index contributed by atoms with van der Waals surface area (Å²) in [7, 11) is 0. The van der Waals surface area contributed by atoms with Crippen molar-refractivity contribution in [2.45, 2.75) is 0 Å². The largest absolute Gasteiger partial charge is 0.364 e. The lowest BCUT2D eigenvalue weighted by Crippen LogP contribution is -1.79. The fourth-order valence-corrected chi connectivity index (χ4v) is 2.06. The SMILES string of the molecule is c1ccc2c(c1)ncc1[nH]c(-c3cnoc3)nc12. The number of aromatic nitrogens is 4. The molecule has 0 aliphatic rings. The highest BCUT2D eigenvalue weighted by atomic mass is 16.5. The number of nitrogens with one attached hydrogen (secondary N) is 1. The first-order valence-electron chi connectivity index (χ1n) is 5.55. The lowest BCUT2D eigenvalue weighted by atomic mass is 10.2. The van der Waals surface area contributed by atoms with Crippen molar-refractivity contribution >= 4 is 21.9 Å². The van der Waals surface area contributed by atoms with Gasteiger partial charge in [-0.1, -0.05) is 23.4 Å². The molecule has 4 rings (SSSR count). The molecule has 5 nitrogen and oxygen atoms in total. The number of benzene rings is 1. The standard InChI is InChI=1S/C13H8N4O/c1-2-4-10-9(3-1)12-11(6-14-10)16-13(17-12)8-5-15-18-7-8/h1-7H,(H,16,17). The van der Waals surface area contributed by atoms with Gasteiger partial charge >= 0.3 is 0 Å². The van der Waals surface area contributed by atoms with Crippen LogP contribution in [0.4, 0.5) is 0 Å². The molecule has 1 aromatic carbocycles. The number of rotatable bonds is 1. The smallest absolute Gasteiger partial charge is 0.143 e. The Balaban J connectivity index is 2.08. The van der Waals surface area contributed by atoms with E-state index in [0.29, 0.717) is 0 Å². The zero-order chi connectivity index (χ0) is 11.9. The van der Waals surface area contributed by atoms with Gasteiger partial charge in [-0.15, -0.1) is 0 Å². The third kappa shape index (κ3) is 1.24. The van der Waals surface area contributed by atoms with Crippen molar-refractivity contribution in [3.05, 3.63) is 42.9 Å². The molecule has 0 radical (unpaired) electrons. The summed E-state index contributed by atoms with van der Waals surface area (Å²) in [6.07, 6.45) is 4.99. The molecule has 4 aromatic rings. The van der Waals surface area contributed by atoms with E-state index >= 15 is 0 Å². The van der Waals surface area contributed by atoms with Crippen molar-refractivity contribution < 1.29 is 4.52 Å². The normalized spacial score (nSPS) is 11.3. The van der Waals surface area contributed by atoms with Crippen LogP contribution >= 0.6 is 0 Å². The maximum Gasteiger partial charge on any atom is 0.143 e. The van der Waals surface area contributed by atoms with Gasteiger partial charge in [0, 0.05) is 5.39 Å². The van der Waals surface area contributed by atoms with Crippen LogP contribution < -0.4 is 0 Å². The molecule has 0 aliphatic carbocycles. The molecule has 5 heteroatoms. The summed E-state index contributed by atoms with van der Waals surface area (Å²) in [5.74, 6) is 0.740. The van der Waals surface area contributed by atoms with E-state index in [4.69, 9.17) is 4.52 Å². The average molecular weight is 236 g/mol. The Labute approximate surface area is 101 Å². The molecule has 0 amide bonds. The van der Waals surface area contributed by atoms with E-state index < -0.39 is 0 Å². The molecule has 0 spiro atoms. The van der Waals surface area contributed by atoms with Crippen molar-refractivity contribution in [2.75, 3.05) is 0 Å². The molecule has 0 fully saturated rings. The topological polar surface area (TPSA) is 67.6 Å². The molecule has 86 valence electrons. The van der Waals surface area contributed by atoms with Gasteiger partial charge in [-0.25, -0.2) is 4.98 Å². The number of hydrogen-bond acceptors (Lipinski definition) is 4. The second kappa shape index (κ2) is 3.40. The van der Waals surface area contributed by atoms with Crippen LogP contribution in [0.3, 0.4) is 0 Å². The summed E-state index contributed by atoms with van der Waals surface area (Å²) in [5, 5.41) is 4.72. The Morgan fingerprint density at radius 3 is 2.94 bits per heavy atom. The molecule has 0 unspecified atom stereocenters. The quantitative estimate of drug-likeness (QED) is 0.551. The monoisotopic (exact) mass is 236 g/mol. The molecule has 1 N–H and O–H groups in total. The summed E-state index contributed by atoms with van der Waals surface area (Å²) in [5.41, 5.74) is 3.59. The zero-order valence-corrected chi connectivity index (χ0v) is 9.29. The van der Waals surface area contributed by atoms with Crippen molar-refractivity contribution in [1.82, 2.24) is 20.1 Å². The minimum absolute atomic E-state index is 0.740. The van der Waals surface area contributed by atoms with E-state index in [-0.39, 0.29) is 0 Å².